The number of carbonyl (C=O) groups excluding carboxylic acids is 2. The van der Waals surface area contributed by atoms with Crippen LogP contribution in [0.5, 0.6) is 0 Å². The minimum absolute atomic E-state index is 0.0180. The predicted molar refractivity (Wildman–Crippen MR) is 101 cm³/mol. The molecule has 2 aliphatic heterocycles. The number of alkyl halides is 2. The number of halogens is 2. The average Bonchev–Trinajstić information content (AvgIpc) is 2.73. The van der Waals surface area contributed by atoms with Gasteiger partial charge in [-0.3, -0.25) is 9.59 Å². The Labute approximate surface area is 162 Å². The van der Waals surface area contributed by atoms with Gasteiger partial charge in [-0.15, -0.1) is 23.2 Å². The van der Waals surface area contributed by atoms with E-state index in [1.807, 2.05) is 6.07 Å². The molecule has 0 saturated carbocycles. The summed E-state index contributed by atoms with van der Waals surface area (Å²) in [5.74, 6) is 1.50. The molecular weight excluding hydrogens is 379 g/mol. The zero-order chi connectivity index (χ0) is 18.5. The van der Waals surface area contributed by atoms with Crippen molar-refractivity contribution in [3.05, 3.63) is 12.3 Å². The van der Waals surface area contributed by atoms with Gasteiger partial charge < -0.3 is 19.6 Å². The minimum Gasteiger partial charge on any atom is -0.353 e. The Bertz CT molecular complexity index is 594. The van der Waals surface area contributed by atoms with E-state index in [2.05, 4.69) is 19.8 Å². The molecule has 1 aromatic heterocycles. The molecule has 0 aromatic carbocycles. The molecule has 3 heterocycles. The highest BCUT2D eigenvalue weighted by molar-refractivity contribution is 6.27. The van der Waals surface area contributed by atoms with Crippen LogP contribution in [0.4, 0.5) is 11.8 Å². The number of amides is 2. The normalized spacial score (nSPS) is 18.2. The first-order valence-electron chi connectivity index (χ1n) is 8.63. The summed E-state index contributed by atoms with van der Waals surface area (Å²) in [4.78, 5) is 40.2. The van der Waals surface area contributed by atoms with Crippen molar-refractivity contribution in [2.75, 3.05) is 73.9 Å². The van der Waals surface area contributed by atoms with Crippen molar-refractivity contribution in [3.63, 3.8) is 0 Å². The molecule has 2 fully saturated rings. The van der Waals surface area contributed by atoms with Gasteiger partial charge in [0.2, 0.25) is 17.8 Å². The number of nitrogens with zero attached hydrogens (tertiary/aromatic N) is 6. The van der Waals surface area contributed by atoms with Gasteiger partial charge in [0.1, 0.15) is 17.6 Å². The first-order valence-corrected chi connectivity index (χ1v) is 9.69. The zero-order valence-corrected chi connectivity index (χ0v) is 16.0. The Morgan fingerprint density at radius 1 is 0.846 bits per heavy atom. The van der Waals surface area contributed by atoms with Gasteiger partial charge in [-0.1, -0.05) is 0 Å². The van der Waals surface area contributed by atoms with Gasteiger partial charge in [-0.2, -0.15) is 4.98 Å². The second-order valence-corrected chi connectivity index (χ2v) is 6.75. The summed E-state index contributed by atoms with van der Waals surface area (Å²) in [5, 5.41) is 0. The molecule has 2 amide bonds. The van der Waals surface area contributed by atoms with E-state index in [0.29, 0.717) is 45.2 Å². The maximum atomic E-state index is 11.7. The summed E-state index contributed by atoms with van der Waals surface area (Å²) in [7, 11) is 0. The summed E-state index contributed by atoms with van der Waals surface area (Å²) in [6.07, 6.45) is 1.75. The Kier molecular flexibility index (Phi) is 6.37. The fraction of sp³-hybridized carbons (Fsp3) is 0.625. The van der Waals surface area contributed by atoms with E-state index in [0.717, 1.165) is 18.9 Å². The van der Waals surface area contributed by atoms with E-state index in [4.69, 9.17) is 23.2 Å². The van der Waals surface area contributed by atoms with E-state index in [-0.39, 0.29) is 23.6 Å². The van der Waals surface area contributed by atoms with Crippen molar-refractivity contribution < 1.29 is 9.59 Å². The summed E-state index contributed by atoms with van der Waals surface area (Å²) < 4.78 is 0. The van der Waals surface area contributed by atoms with Crippen LogP contribution >= 0.6 is 23.2 Å². The van der Waals surface area contributed by atoms with Gasteiger partial charge >= 0.3 is 0 Å². The molecule has 142 valence electrons. The molecule has 0 atom stereocenters. The monoisotopic (exact) mass is 400 g/mol. The molecule has 0 radical (unpaired) electrons. The molecular formula is C16H22Cl2N6O2. The SMILES string of the molecule is O=C(CCl)N1CCN(c2ccnc(N3CCN(C(=O)CCl)CC3)n2)CC1. The quantitative estimate of drug-likeness (QED) is 0.674. The van der Waals surface area contributed by atoms with E-state index < -0.39 is 0 Å². The van der Waals surface area contributed by atoms with E-state index in [1.165, 1.54) is 0 Å². The Morgan fingerprint density at radius 2 is 1.35 bits per heavy atom. The molecule has 0 spiro atoms. The first kappa shape index (κ1) is 19.0. The lowest BCUT2D eigenvalue weighted by Gasteiger charge is -2.36. The highest BCUT2D eigenvalue weighted by Crippen LogP contribution is 2.18. The summed E-state index contributed by atoms with van der Waals surface area (Å²) >= 11 is 11.2. The van der Waals surface area contributed by atoms with Crippen LogP contribution in [-0.4, -0.2) is 95.7 Å². The number of rotatable bonds is 4. The van der Waals surface area contributed by atoms with E-state index in [9.17, 15) is 9.59 Å². The van der Waals surface area contributed by atoms with Crippen molar-refractivity contribution >= 4 is 46.8 Å². The van der Waals surface area contributed by atoms with Gasteiger partial charge in [-0.25, -0.2) is 4.98 Å². The molecule has 26 heavy (non-hydrogen) atoms. The molecule has 3 rings (SSSR count). The topological polar surface area (TPSA) is 72.9 Å². The van der Waals surface area contributed by atoms with E-state index >= 15 is 0 Å². The van der Waals surface area contributed by atoms with Gasteiger partial charge in [0.05, 0.1) is 0 Å². The van der Waals surface area contributed by atoms with Gasteiger partial charge in [0.15, 0.2) is 0 Å². The zero-order valence-electron chi connectivity index (χ0n) is 14.5. The minimum atomic E-state index is -0.0367. The van der Waals surface area contributed by atoms with Gasteiger partial charge in [0.25, 0.3) is 0 Å². The number of aromatic nitrogens is 2. The Morgan fingerprint density at radius 3 is 1.85 bits per heavy atom. The van der Waals surface area contributed by atoms with Crippen LogP contribution < -0.4 is 9.80 Å². The van der Waals surface area contributed by atoms with Gasteiger partial charge in [-0.05, 0) is 6.07 Å². The number of carbonyl (C=O) groups is 2. The van der Waals surface area contributed by atoms with Crippen LogP contribution in [0.25, 0.3) is 0 Å². The fourth-order valence-electron chi connectivity index (χ4n) is 3.18. The summed E-state index contributed by atoms with van der Waals surface area (Å²) in [6, 6.07) is 1.88. The maximum absolute atomic E-state index is 11.7. The molecule has 0 bridgehead atoms. The third kappa shape index (κ3) is 4.29. The molecule has 2 saturated heterocycles. The maximum Gasteiger partial charge on any atom is 0.237 e. The Balaban J connectivity index is 1.59. The highest BCUT2D eigenvalue weighted by Gasteiger charge is 2.24. The second kappa shape index (κ2) is 8.73. The summed E-state index contributed by atoms with van der Waals surface area (Å²) in [6.45, 7) is 5.34. The molecule has 2 aliphatic rings. The molecule has 0 unspecified atom stereocenters. The predicted octanol–water partition coefficient (Wildman–Crippen LogP) is 0.251. The number of anilines is 2. The van der Waals surface area contributed by atoms with Crippen LogP contribution in [0, 0.1) is 0 Å². The van der Waals surface area contributed by atoms with Crippen LogP contribution in [0.2, 0.25) is 0 Å². The third-order valence-corrected chi connectivity index (χ3v) is 5.19. The fourth-order valence-corrected chi connectivity index (χ4v) is 3.52. The van der Waals surface area contributed by atoms with Gasteiger partial charge in [0, 0.05) is 58.6 Å². The second-order valence-electron chi connectivity index (χ2n) is 6.22. The lowest BCUT2D eigenvalue weighted by molar-refractivity contribution is -0.129. The lowest BCUT2D eigenvalue weighted by Crippen LogP contribution is -2.50. The highest BCUT2D eigenvalue weighted by atomic mass is 35.5. The van der Waals surface area contributed by atoms with E-state index in [1.54, 1.807) is 16.0 Å². The van der Waals surface area contributed by atoms with Crippen molar-refractivity contribution in [2.45, 2.75) is 0 Å². The number of hydrogen-bond acceptors (Lipinski definition) is 6. The molecule has 0 N–H and O–H groups in total. The molecule has 1 aromatic rings. The molecule has 0 aliphatic carbocycles. The van der Waals surface area contributed by atoms with Crippen molar-refractivity contribution in [1.82, 2.24) is 19.8 Å². The van der Waals surface area contributed by atoms with Crippen molar-refractivity contribution in [2.24, 2.45) is 0 Å². The average molecular weight is 401 g/mol. The summed E-state index contributed by atoms with van der Waals surface area (Å²) in [5.41, 5.74) is 0. The van der Waals surface area contributed by atoms with Crippen LogP contribution in [0.1, 0.15) is 0 Å². The third-order valence-electron chi connectivity index (χ3n) is 4.73. The molecule has 8 nitrogen and oxygen atoms in total. The standard InChI is InChI=1S/C16H22Cl2N6O2/c17-11-14(25)22-5-3-21(4-6-22)13-1-2-19-16(20-13)24-9-7-23(8-10-24)15(26)12-18/h1-2H,3-12H2. The lowest BCUT2D eigenvalue weighted by atomic mass is 10.3. The smallest absolute Gasteiger partial charge is 0.237 e. The number of hydrogen-bond donors (Lipinski definition) is 0. The first-order chi connectivity index (χ1) is 12.6. The van der Waals surface area contributed by atoms with Crippen molar-refractivity contribution in [3.8, 4) is 0 Å². The van der Waals surface area contributed by atoms with Crippen LogP contribution in [0.3, 0.4) is 0 Å². The molecule has 10 heteroatoms. The van der Waals surface area contributed by atoms with Crippen LogP contribution in [-0.2, 0) is 9.59 Å². The van der Waals surface area contributed by atoms with Crippen molar-refractivity contribution in [1.29, 1.82) is 0 Å². The largest absolute Gasteiger partial charge is 0.353 e. The Hall–Kier alpha value is -1.80. The van der Waals surface area contributed by atoms with Crippen LogP contribution in [0.15, 0.2) is 12.3 Å². The number of piperazine rings is 2.